The Labute approximate surface area is 116 Å². The summed E-state index contributed by atoms with van der Waals surface area (Å²) in [6.45, 7) is 1.34. The molecule has 2 saturated heterocycles. The Morgan fingerprint density at radius 3 is 2.67 bits per heavy atom. The molecule has 0 saturated carbocycles. The van der Waals surface area contributed by atoms with Crippen LogP contribution in [-0.4, -0.2) is 36.1 Å². The molecule has 0 radical (unpaired) electrons. The lowest BCUT2D eigenvalue weighted by molar-refractivity contribution is -0.0303. The van der Waals surface area contributed by atoms with Crippen LogP contribution in [0.3, 0.4) is 0 Å². The monoisotopic (exact) mass is 283 g/mol. The lowest BCUT2D eigenvalue weighted by Crippen LogP contribution is -2.45. The number of hydrogen-bond donors (Lipinski definition) is 1. The van der Waals surface area contributed by atoms with Crippen LogP contribution in [0.5, 0.6) is 0 Å². The Balaban J connectivity index is 1.84. The molecule has 2 bridgehead atoms. The molecule has 2 atom stereocenters. The van der Waals surface area contributed by atoms with E-state index >= 15 is 0 Å². The van der Waals surface area contributed by atoms with Gasteiger partial charge in [-0.05, 0) is 31.0 Å². The minimum atomic E-state index is -0.0175. The summed E-state index contributed by atoms with van der Waals surface area (Å²) in [5.74, 6) is -0.0175. The van der Waals surface area contributed by atoms with Gasteiger partial charge in [0.2, 0.25) is 0 Å². The first-order chi connectivity index (χ1) is 8.63. The summed E-state index contributed by atoms with van der Waals surface area (Å²) in [5.41, 5.74) is 0.533. The van der Waals surface area contributed by atoms with Gasteiger partial charge in [-0.1, -0.05) is 11.6 Å². The molecular formula is C13H14ClNO2S. The number of likely N-dealkylation sites (tertiary alicyclic amines) is 1. The second kappa shape index (κ2) is 4.76. The van der Waals surface area contributed by atoms with Gasteiger partial charge < -0.3 is 9.64 Å². The molecule has 5 heteroatoms. The van der Waals surface area contributed by atoms with E-state index in [4.69, 9.17) is 16.3 Å². The largest absolute Gasteiger partial charge is 0.371 e. The SMILES string of the molecule is O=C(c1cc(S)ccc1Cl)N1CC2CCC(C1)O2. The zero-order valence-corrected chi connectivity index (χ0v) is 11.5. The fraction of sp³-hybridized carbons (Fsp3) is 0.462. The number of fused-ring (bicyclic) bond motifs is 2. The summed E-state index contributed by atoms with van der Waals surface area (Å²) in [4.78, 5) is 15.0. The highest BCUT2D eigenvalue weighted by molar-refractivity contribution is 7.80. The highest BCUT2D eigenvalue weighted by Gasteiger charge is 2.36. The van der Waals surface area contributed by atoms with Crippen LogP contribution in [0.2, 0.25) is 5.02 Å². The summed E-state index contributed by atoms with van der Waals surface area (Å²) >= 11 is 10.3. The molecule has 0 spiro atoms. The number of morpholine rings is 1. The summed E-state index contributed by atoms with van der Waals surface area (Å²) < 4.78 is 5.73. The van der Waals surface area contributed by atoms with Crippen molar-refractivity contribution in [1.29, 1.82) is 0 Å². The topological polar surface area (TPSA) is 29.5 Å². The summed E-state index contributed by atoms with van der Waals surface area (Å²) in [6.07, 6.45) is 2.50. The Morgan fingerprint density at radius 2 is 2.00 bits per heavy atom. The normalized spacial score (nSPS) is 26.4. The molecule has 0 aromatic heterocycles. The number of hydrogen-bond acceptors (Lipinski definition) is 3. The van der Waals surface area contributed by atoms with E-state index in [2.05, 4.69) is 12.6 Å². The zero-order valence-electron chi connectivity index (χ0n) is 9.80. The van der Waals surface area contributed by atoms with Crippen molar-refractivity contribution < 1.29 is 9.53 Å². The standard InChI is InChI=1S/C13H14ClNO2S/c14-12-4-3-10(18)5-11(12)13(16)15-6-8-1-2-9(7-15)17-8/h3-5,8-9,18H,1-2,6-7H2. The van der Waals surface area contributed by atoms with Gasteiger partial charge in [-0.15, -0.1) is 12.6 Å². The molecule has 2 fully saturated rings. The number of halogens is 1. The highest BCUT2D eigenvalue weighted by Crippen LogP contribution is 2.28. The van der Waals surface area contributed by atoms with Crippen molar-refractivity contribution in [2.75, 3.05) is 13.1 Å². The second-order valence-corrected chi connectivity index (χ2v) is 5.76. The van der Waals surface area contributed by atoms with E-state index in [0.29, 0.717) is 23.7 Å². The molecule has 3 rings (SSSR count). The molecule has 1 aromatic rings. The smallest absolute Gasteiger partial charge is 0.255 e. The number of thiol groups is 1. The van der Waals surface area contributed by atoms with Crippen LogP contribution in [0.4, 0.5) is 0 Å². The number of carbonyl (C=O) groups is 1. The van der Waals surface area contributed by atoms with E-state index in [0.717, 1.165) is 17.7 Å². The maximum Gasteiger partial charge on any atom is 0.255 e. The Morgan fingerprint density at radius 1 is 1.33 bits per heavy atom. The van der Waals surface area contributed by atoms with E-state index in [-0.39, 0.29) is 18.1 Å². The fourth-order valence-corrected chi connectivity index (χ4v) is 3.03. The van der Waals surface area contributed by atoms with Crippen LogP contribution in [-0.2, 0) is 4.74 Å². The Kier molecular flexibility index (Phi) is 3.26. The Bertz CT molecular complexity index is 482. The minimum Gasteiger partial charge on any atom is -0.371 e. The molecular weight excluding hydrogens is 270 g/mol. The summed E-state index contributed by atoms with van der Waals surface area (Å²) in [7, 11) is 0. The van der Waals surface area contributed by atoms with Gasteiger partial charge in [0.15, 0.2) is 0 Å². The fourth-order valence-electron chi connectivity index (χ4n) is 2.63. The molecule has 2 aliphatic heterocycles. The van der Waals surface area contributed by atoms with Gasteiger partial charge in [-0.2, -0.15) is 0 Å². The first-order valence-corrected chi connectivity index (χ1v) is 6.89. The maximum absolute atomic E-state index is 12.4. The van der Waals surface area contributed by atoms with Crippen molar-refractivity contribution in [3.8, 4) is 0 Å². The average Bonchev–Trinajstić information content (AvgIpc) is 2.70. The number of amides is 1. The molecule has 0 N–H and O–H groups in total. The van der Waals surface area contributed by atoms with E-state index in [1.165, 1.54) is 0 Å². The zero-order chi connectivity index (χ0) is 12.7. The first-order valence-electron chi connectivity index (χ1n) is 6.07. The third-order valence-electron chi connectivity index (χ3n) is 3.51. The van der Waals surface area contributed by atoms with Gasteiger partial charge in [0.25, 0.3) is 5.91 Å². The number of ether oxygens (including phenoxy) is 1. The molecule has 96 valence electrons. The van der Waals surface area contributed by atoms with Gasteiger partial charge in [-0.3, -0.25) is 4.79 Å². The third kappa shape index (κ3) is 2.25. The molecule has 18 heavy (non-hydrogen) atoms. The van der Waals surface area contributed by atoms with Crippen molar-refractivity contribution >= 4 is 30.1 Å². The number of nitrogens with zero attached hydrogens (tertiary/aromatic N) is 1. The van der Waals surface area contributed by atoms with E-state index in [1.807, 2.05) is 4.90 Å². The van der Waals surface area contributed by atoms with Crippen molar-refractivity contribution in [3.05, 3.63) is 28.8 Å². The van der Waals surface area contributed by atoms with Crippen LogP contribution in [0.1, 0.15) is 23.2 Å². The van der Waals surface area contributed by atoms with E-state index in [9.17, 15) is 4.79 Å². The van der Waals surface area contributed by atoms with Crippen LogP contribution in [0, 0.1) is 0 Å². The quantitative estimate of drug-likeness (QED) is 0.803. The van der Waals surface area contributed by atoms with Gasteiger partial charge in [0.1, 0.15) is 0 Å². The maximum atomic E-state index is 12.4. The van der Waals surface area contributed by atoms with Crippen LogP contribution < -0.4 is 0 Å². The van der Waals surface area contributed by atoms with Crippen molar-refractivity contribution in [2.24, 2.45) is 0 Å². The molecule has 3 nitrogen and oxygen atoms in total. The first kappa shape index (κ1) is 12.3. The molecule has 1 aromatic carbocycles. The predicted octanol–water partition coefficient (Wildman–Crippen LogP) is 2.63. The molecule has 0 aliphatic carbocycles. The van der Waals surface area contributed by atoms with Gasteiger partial charge in [0, 0.05) is 18.0 Å². The Hall–Kier alpha value is -0.710. The lowest BCUT2D eigenvalue weighted by Gasteiger charge is -2.32. The second-order valence-electron chi connectivity index (χ2n) is 4.83. The van der Waals surface area contributed by atoms with Crippen molar-refractivity contribution in [3.63, 3.8) is 0 Å². The minimum absolute atomic E-state index is 0.0175. The van der Waals surface area contributed by atoms with E-state index < -0.39 is 0 Å². The number of benzene rings is 1. The molecule has 2 aliphatic rings. The summed E-state index contributed by atoms with van der Waals surface area (Å²) in [6, 6.07) is 5.22. The van der Waals surface area contributed by atoms with Gasteiger partial charge in [-0.25, -0.2) is 0 Å². The average molecular weight is 284 g/mol. The van der Waals surface area contributed by atoms with Crippen LogP contribution in [0.15, 0.2) is 23.1 Å². The predicted molar refractivity (Wildman–Crippen MR) is 72.5 cm³/mol. The number of carbonyl (C=O) groups excluding carboxylic acids is 1. The van der Waals surface area contributed by atoms with Crippen LogP contribution >= 0.6 is 24.2 Å². The molecule has 2 unspecified atom stereocenters. The summed E-state index contributed by atoms with van der Waals surface area (Å²) in [5, 5.41) is 0.483. The molecule has 1 amide bonds. The third-order valence-corrected chi connectivity index (χ3v) is 4.12. The van der Waals surface area contributed by atoms with Gasteiger partial charge in [0.05, 0.1) is 22.8 Å². The lowest BCUT2D eigenvalue weighted by atomic mass is 10.1. The van der Waals surface area contributed by atoms with Gasteiger partial charge >= 0.3 is 0 Å². The van der Waals surface area contributed by atoms with Crippen molar-refractivity contribution in [1.82, 2.24) is 4.90 Å². The van der Waals surface area contributed by atoms with Crippen molar-refractivity contribution in [2.45, 2.75) is 29.9 Å². The number of rotatable bonds is 1. The van der Waals surface area contributed by atoms with Crippen LogP contribution in [0.25, 0.3) is 0 Å². The molecule has 2 heterocycles. The van der Waals surface area contributed by atoms with E-state index in [1.54, 1.807) is 18.2 Å². The highest BCUT2D eigenvalue weighted by atomic mass is 35.5.